The molecule has 0 bridgehead atoms. The Kier molecular flexibility index (Phi) is 5.08. The van der Waals surface area contributed by atoms with Gasteiger partial charge in [-0.15, -0.1) is 0 Å². The van der Waals surface area contributed by atoms with Crippen LogP contribution in [0.25, 0.3) is 11.0 Å². The normalized spacial score (nSPS) is 10.7. The van der Waals surface area contributed by atoms with Crippen molar-refractivity contribution in [3.8, 4) is 5.75 Å². The van der Waals surface area contributed by atoms with Crippen LogP contribution >= 0.6 is 11.6 Å². The SMILES string of the molecule is CCCOc1cc2oc(=O)c(CC(=O)OC)c(C)c2cc1Cl. The number of carbonyl (C=O) groups is 1. The summed E-state index contributed by atoms with van der Waals surface area (Å²) in [5, 5.41) is 1.11. The molecule has 0 aliphatic rings. The van der Waals surface area contributed by atoms with Gasteiger partial charge in [-0.2, -0.15) is 0 Å². The summed E-state index contributed by atoms with van der Waals surface area (Å²) in [6.07, 6.45) is 0.710. The van der Waals surface area contributed by atoms with Crippen molar-refractivity contribution in [2.45, 2.75) is 26.7 Å². The quantitative estimate of drug-likeness (QED) is 0.624. The number of halogens is 1. The summed E-state index contributed by atoms with van der Waals surface area (Å²) in [7, 11) is 1.27. The van der Waals surface area contributed by atoms with Gasteiger partial charge in [0, 0.05) is 11.5 Å². The van der Waals surface area contributed by atoms with Gasteiger partial charge in [-0.25, -0.2) is 4.79 Å². The van der Waals surface area contributed by atoms with Crippen molar-refractivity contribution < 1.29 is 18.7 Å². The van der Waals surface area contributed by atoms with Gasteiger partial charge in [0.1, 0.15) is 11.3 Å². The number of benzene rings is 1. The summed E-state index contributed by atoms with van der Waals surface area (Å²) in [5.41, 5.74) is 0.754. The van der Waals surface area contributed by atoms with E-state index in [0.29, 0.717) is 33.9 Å². The maximum absolute atomic E-state index is 12.1. The molecule has 6 heteroatoms. The summed E-state index contributed by atoms with van der Waals surface area (Å²) in [5.74, 6) is -0.0250. The van der Waals surface area contributed by atoms with Crippen molar-refractivity contribution in [3.63, 3.8) is 0 Å². The molecule has 0 saturated heterocycles. The third-order valence-electron chi connectivity index (χ3n) is 3.35. The van der Waals surface area contributed by atoms with E-state index in [2.05, 4.69) is 4.74 Å². The third kappa shape index (κ3) is 3.25. The first kappa shape index (κ1) is 16.4. The van der Waals surface area contributed by atoms with E-state index < -0.39 is 11.6 Å². The summed E-state index contributed by atoms with van der Waals surface area (Å²) >= 11 is 6.20. The van der Waals surface area contributed by atoms with E-state index in [1.54, 1.807) is 19.1 Å². The lowest BCUT2D eigenvalue weighted by Crippen LogP contribution is -2.16. The molecule has 2 rings (SSSR count). The fourth-order valence-corrected chi connectivity index (χ4v) is 2.35. The monoisotopic (exact) mass is 324 g/mol. The van der Waals surface area contributed by atoms with Gasteiger partial charge >= 0.3 is 11.6 Å². The minimum absolute atomic E-state index is 0.133. The second kappa shape index (κ2) is 6.83. The Bertz CT molecular complexity index is 763. The maximum atomic E-state index is 12.1. The average Bonchev–Trinajstić information content (AvgIpc) is 2.50. The first-order valence-corrected chi connectivity index (χ1v) is 7.31. The van der Waals surface area contributed by atoms with Crippen LogP contribution in [0.15, 0.2) is 21.3 Å². The molecule has 0 unspecified atom stereocenters. The topological polar surface area (TPSA) is 65.7 Å². The molecule has 0 fully saturated rings. The smallest absolute Gasteiger partial charge is 0.340 e. The molecule has 0 aliphatic carbocycles. The summed E-state index contributed by atoms with van der Waals surface area (Å²) in [4.78, 5) is 23.5. The zero-order valence-electron chi connectivity index (χ0n) is 12.7. The van der Waals surface area contributed by atoms with Crippen LogP contribution < -0.4 is 10.4 Å². The van der Waals surface area contributed by atoms with E-state index >= 15 is 0 Å². The standard InChI is InChI=1S/C16H17ClO5/c1-4-5-21-14-8-13-10(6-12(14)17)9(2)11(16(19)22-13)7-15(18)20-3/h6,8H,4-5,7H2,1-3H3. The molecule has 0 spiro atoms. The molecule has 0 atom stereocenters. The average molecular weight is 325 g/mol. The predicted molar refractivity (Wildman–Crippen MR) is 83.7 cm³/mol. The van der Waals surface area contributed by atoms with Gasteiger partial charge in [0.25, 0.3) is 0 Å². The number of hydrogen-bond donors (Lipinski definition) is 0. The second-order valence-electron chi connectivity index (χ2n) is 4.87. The zero-order valence-corrected chi connectivity index (χ0v) is 13.5. The molecular formula is C16H17ClO5. The van der Waals surface area contributed by atoms with Gasteiger partial charge in [-0.3, -0.25) is 4.79 Å². The zero-order chi connectivity index (χ0) is 16.3. The Hall–Kier alpha value is -2.01. The van der Waals surface area contributed by atoms with Crippen LogP contribution in [0.2, 0.25) is 5.02 Å². The van der Waals surface area contributed by atoms with Gasteiger partial charge in [0.2, 0.25) is 0 Å². The summed E-state index contributed by atoms with van der Waals surface area (Å²) < 4.78 is 15.4. The van der Waals surface area contributed by atoms with Crippen molar-refractivity contribution in [2.75, 3.05) is 13.7 Å². The lowest BCUT2D eigenvalue weighted by Gasteiger charge is -2.11. The minimum Gasteiger partial charge on any atom is -0.492 e. The van der Waals surface area contributed by atoms with Gasteiger partial charge < -0.3 is 13.9 Å². The van der Waals surface area contributed by atoms with E-state index in [4.69, 9.17) is 20.8 Å². The van der Waals surface area contributed by atoms with Crippen LogP contribution in [0.3, 0.4) is 0 Å². The van der Waals surface area contributed by atoms with Crippen LogP contribution in [-0.2, 0) is 16.0 Å². The number of methoxy groups -OCH3 is 1. The number of rotatable bonds is 5. The molecule has 1 aromatic carbocycles. The second-order valence-corrected chi connectivity index (χ2v) is 5.28. The molecule has 1 heterocycles. The summed E-state index contributed by atoms with van der Waals surface area (Å²) in [6, 6.07) is 3.28. The first-order valence-electron chi connectivity index (χ1n) is 6.93. The molecule has 22 heavy (non-hydrogen) atoms. The highest BCUT2D eigenvalue weighted by Crippen LogP contribution is 2.32. The Balaban J connectivity index is 2.56. The lowest BCUT2D eigenvalue weighted by molar-refractivity contribution is -0.139. The highest BCUT2D eigenvalue weighted by molar-refractivity contribution is 6.32. The fraction of sp³-hybridized carbons (Fsp3) is 0.375. The lowest BCUT2D eigenvalue weighted by atomic mass is 10.0. The molecule has 5 nitrogen and oxygen atoms in total. The van der Waals surface area contributed by atoms with Gasteiger partial charge in [-0.1, -0.05) is 18.5 Å². The Morgan fingerprint density at radius 3 is 2.73 bits per heavy atom. The number of carbonyl (C=O) groups excluding carboxylic acids is 1. The maximum Gasteiger partial charge on any atom is 0.340 e. The van der Waals surface area contributed by atoms with E-state index in [-0.39, 0.29) is 12.0 Å². The predicted octanol–water partition coefficient (Wildman–Crippen LogP) is 3.26. The third-order valence-corrected chi connectivity index (χ3v) is 3.65. The van der Waals surface area contributed by atoms with Crippen LogP contribution in [0, 0.1) is 6.92 Å². The summed E-state index contributed by atoms with van der Waals surface area (Å²) in [6.45, 7) is 4.26. The first-order chi connectivity index (χ1) is 10.5. The molecular weight excluding hydrogens is 308 g/mol. The Morgan fingerprint density at radius 2 is 2.09 bits per heavy atom. The van der Waals surface area contributed by atoms with E-state index in [0.717, 1.165) is 6.42 Å². The van der Waals surface area contributed by atoms with Crippen molar-refractivity contribution >= 4 is 28.5 Å². The molecule has 0 aliphatic heterocycles. The number of aryl methyl sites for hydroxylation is 1. The fourth-order valence-electron chi connectivity index (χ4n) is 2.13. The van der Waals surface area contributed by atoms with Crippen LogP contribution in [0.4, 0.5) is 0 Å². The van der Waals surface area contributed by atoms with Crippen molar-refractivity contribution in [2.24, 2.45) is 0 Å². The molecule has 118 valence electrons. The van der Waals surface area contributed by atoms with Crippen molar-refractivity contribution in [3.05, 3.63) is 38.7 Å². The van der Waals surface area contributed by atoms with Gasteiger partial charge in [0.05, 0.1) is 30.7 Å². The molecule has 0 radical (unpaired) electrons. The van der Waals surface area contributed by atoms with E-state index in [1.165, 1.54) is 7.11 Å². The molecule has 2 aromatic rings. The number of esters is 1. The van der Waals surface area contributed by atoms with Crippen LogP contribution in [0.1, 0.15) is 24.5 Å². The van der Waals surface area contributed by atoms with E-state index in [1.807, 2.05) is 6.92 Å². The van der Waals surface area contributed by atoms with Gasteiger partial charge in [0.15, 0.2) is 0 Å². The molecule has 0 N–H and O–H groups in total. The number of fused-ring (bicyclic) bond motifs is 1. The number of hydrogen-bond acceptors (Lipinski definition) is 5. The Morgan fingerprint density at radius 1 is 1.36 bits per heavy atom. The minimum atomic E-state index is -0.556. The Labute approximate surface area is 132 Å². The highest BCUT2D eigenvalue weighted by atomic mass is 35.5. The van der Waals surface area contributed by atoms with Crippen LogP contribution in [0.5, 0.6) is 5.75 Å². The van der Waals surface area contributed by atoms with E-state index in [9.17, 15) is 9.59 Å². The number of ether oxygens (including phenoxy) is 2. The van der Waals surface area contributed by atoms with Crippen molar-refractivity contribution in [1.82, 2.24) is 0 Å². The van der Waals surface area contributed by atoms with Crippen LogP contribution in [-0.4, -0.2) is 19.7 Å². The molecule has 0 saturated carbocycles. The molecule has 0 amide bonds. The molecule has 1 aromatic heterocycles. The highest BCUT2D eigenvalue weighted by Gasteiger charge is 2.17. The largest absolute Gasteiger partial charge is 0.492 e. The van der Waals surface area contributed by atoms with Crippen molar-refractivity contribution in [1.29, 1.82) is 0 Å². The van der Waals surface area contributed by atoms with Gasteiger partial charge in [-0.05, 0) is 25.0 Å².